The Hall–Kier alpha value is -2.97. The first-order valence-electron chi connectivity index (χ1n) is 9.79. The number of fused-ring (bicyclic) bond motifs is 2. The first-order chi connectivity index (χ1) is 14.1. The lowest BCUT2D eigenvalue weighted by Gasteiger charge is -2.45. The highest BCUT2D eigenvalue weighted by Crippen LogP contribution is 2.48. The number of aliphatic hydroxyl groups is 2. The maximum absolute atomic E-state index is 9.56. The van der Waals surface area contributed by atoms with E-state index in [0.717, 1.165) is 35.3 Å². The van der Waals surface area contributed by atoms with Crippen molar-refractivity contribution in [2.45, 2.75) is 25.4 Å². The lowest BCUT2D eigenvalue weighted by atomic mass is 9.66. The number of aliphatic hydroxyl groups excluding tert-OH is 2. The Bertz CT molecular complexity index is 1150. The fourth-order valence-corrected chi connectivity index (χ4v) is 4.45. The van der Waals surface area contributed by atoms with Crippen molar-refractivity contribution in [2.24, 2.45) is 5.41 Å². The zero-order valence-corrected chi connectivity index (χ0v) is 16.3. The van der Waals surface area contributed by atoms with Crippen molar-refractivity contribution in [3.8, 4) is 0 Å². The van der Waals surface area contributed by atoms with Crippen LogP contribution in [0.1, 0.15) is 24.4 Å². The number of rotatable bonds is 6. The normalized spacial score (nSPS) is 16.4. The number of H-pyrrole nitrogens is 1. The van der Waals surface area contributed by atoms with E-state index in [0.29, 0.717) is 6.54 Å². The quantitative estimate of drug-likeness (QED) is 0.465. The number of benzene rings is 1. The smallest absolute Gasteiger partial charge is 0.165 e. The van der Waals surface area contributed by atoms with Crippen LogP contribution in [-0.4, -0.2) is 55.0 Å². The second kappa shape index (κ2) is 6.82. The van der Waals surface area contributed by atoms with Gasteiger partial charge in [-0.1, -0.05) is 12.1 Å². The van der Waals surface area contributed by atoms with Gasteiger partial charge in [0.25, 0.3) is 0 Å². The number of imidazole rings is 1. The second-order valence-corrected chi connectivity index (χ2v) is 8.11. The SMILES string of the molecule is CN(Cc1cccc2[nH]ccc12)c1ncnc2c1ncn2C1CC(CO)(CO)C1. The summed E-state index contributed by atoms with van der Waals surface area (Å²) in [7, 11) is 2.01. The summed E-state index contributed by atoms with van der Waals surface area (Å²) >= 11 is 0. The predicted octanol–water partition coefficient (Wildman–Crippen LogP) is 2.25. The van der Waals surface area contributed by atoms with Crippen LogP contribution in [0.2, 0.25) is 0 Å². The van der Waals surface area contributed by atoms with Crippen LogP contribution in [0.25, 0.3) is 22.1 Å². The van der Waals surface area contributed by atoms with Crippen LogP contribution in [0.5, 0.6) is 0 Å². The summed E-state index contributed by atoms with van der Waals surface area (Å²) in [4.78, 5) is 18.9. The molecule has 1 aliphatic carbocycles. The summed E-state index contributed by atoms with van der Waals surface area (Å²) < 4.78 is 2.05. The van der Waals surface area contributed by atoms with Gasteiger partial charge in [-0.25, -0.2) is 15.0 Å². The molecule has 1 aromatic carbocycles. The minimum atomic E-state index is -0.386. The third kappa shape index (κ3) is 2.87. The lowest BCUT2D eigenvalue weighted by molar-refractivity contribution is -0.0421. The maximum Gasteiger partial charge on any atom is 0.165 e. The fraction of sp³-hybridized carbons (Fsp3) is 0.381. The third-order valence-electron chi connectivity index (χ3n) is 6.20. The van der Waals surface area contributed by atoms with E-state index in [4.69, 9.17) is 0 Å². The fourth-order valence-electron chi connectivity index (χ4n) is 4.45. The molecule has 0 unspecified atom stereocenters. The van der Waals surface area contributed by atoms with Gasteiger partial charge in [0.1, 0.15) is 6.33 Å². The van der Waals surface area contributed by atoms with Crippen LogP contribution in [0, 0.1) is 5.41 Å². The molecule has 8 heteroatoms. The molecule has 8 nitrogen and oxygen atoms in total. The summed E-state index contributed by atoms with van der Waals surface area (Å²) in [5.74, 6) is 0.788. The van der Waals surface area contributed by atoms with E-state index < -0.39 is 0 Å². The molecule has 1 fully saturated rings. The number of hydrogen-bond acceptors (Lipinski definition) is 6. The maximum atomic E-state index is 9.56. The van der Waals surface area contributed by atoms with Crippen LogP contribution < -0.4 is 4.90 Å². The van der Waals surface area contributed by atoms with Gasteiger partial charge < -0.3 is 24.7 Å². The number of aromatic nitrogens is 5. The van der Waals surface area contributed by atoms with Crippen molar-refractivity contribution < 1.29 is 10.2 Å². The standard InChI is InChI=1S/C21H24N6O2/c1-26(9-14-3-2-4-17-16(14)5-6-22-17)19-18-20(24-12-23-19)27(13-25-18)15-7-21(8-15,10-28)11-29/h2-6,12-13,15,22,28-29H,7-11H2,1H3. The van der Waals surface area contributed by atoms with E-state index in [-0.39, 0.29) is 24.7 Å². The average molecular weight is 392 g/mol. The van der Waals surface area contributed by atoms with Gasteiger partial charge in [0.15, 0.2) is 17.0 Å². The van der Waals surface area contributed by atoms with Gasteiger partial charge in [-0.2, -0.15) is 0 Å². The highest BCUT2D eigenvalue weighted by atomic mass is 16.3. The minimum Gasteiger partial charge on any atom is -0.396 e. The van der Waals surface area contributed by atoms with Crippen molar-refractivity contribution in [3.63, 3.8) is 0 Å². The molecule has 29 heavy (non-hydrogen) atoms. The summed E-state index contributed by atoms with van der Waals surface area (Å²) in [6, 6.07) is 8.52. The molecular formula is C21H24N6O2. The number of nitrogens with zero attached hydrogens (tertiary/aromatic N) is 5. The Balaban J connectivity index is 1.44. The predicted molar refractivity (Wildman–Crippen MR) is 111 cm³/mol. The van der Waals surface area contributed by atoms with Gasteiger partial charge in [0.05, 0.1) is 19.5 Å². The van der Waals surface area contributed by atoms with Crippen molar-refractivity contribution in [1.29, 1.82) is 0 Å². The first-order valence-corrected chi connectivity index (χ1v) is 9.79. The van der Waals surface area contributed by atoms with E-state index in [1.54, 1.807) is 12.7 Å². The van der Waals surface area contributed by atoms with Gasteiger partial charge in [0.2, 0.25) is 0 Å². The van der Waals surface area contributed by atoms with Crippen LogP contribution >= 0.6 is 0 Å². The molecular weight excluding hydrogens is 368 g/mol. The van der Waals surface area contributed by atoms with Gasteiger partial charge in [-0.15, -0.1) is 0 Å². The Labute approximate surface area is 167 Å². The van der Waals surface area contributed by atoms with E-state index >= 15 is 0 Å². The molecule has 3 aromatic heterocycles. The van der Waals surface area contributed by atoms with E-state index in [2.05, 4.69) is 49.1 Å². The lowest BCUT2D eigenvalue weighted by Crippen LogP contribution is -2.44. The van der Waals surface area contributed by atoms with E-state index in [9.17, 15) is 10.2 Å². The summed E-state index contributed by atoms with van der Waals surface area (Å²) in [5, 5.41) is 20.3. The van der Waals surface area contributed by atoms with Crippen LogP contribution in [0.4, 0.5) is 5.82 Å². The van der Waals surface area contributed by atoms with Crippen molar-refractivity contribution in [1.82, 2.24) is 24.5 Å². The van der Waals surface area contributed by atoms with Crippen molar-refractivity contribution in [3.05, 3.63) is 48.7 Å². The molecule has 0 spiro atoms. The molecule has 0 atom stereocenters. The zero-order chi connectivity index (χ0) is 20.0. The number of anilines is 1. The largest absolute Gasteiger partial charge is 0.396 e. The number of aromatic amines is 1. The van der Waals surface area contributed by atoms with Gasteiger partial charge in [-0.3, -0.25) is 0 Å². The molecule has 150 valence electrons. The molecule has 0 saturated heterocycles. The Morgan fingerprint density at radius 1 is 1.17 bits per heavy atom. The Morgan fingerprint density at radius 3 is 2.79 bits per heavy atom. The molecule has 0 amide bonds. The molecule has 0 aliphatic heterocycles. The molecule has 1 saturated carbocycles. The van der Waals surface area contributed by atoms with Crippen molar-refractivity contribution in [2.75, 3.05) is 25.2 Å². The minimum absolute atomic E-state index is 0.000300. The van der Waals surface area contributed by atoms with Crippen LogP contribution in [0.3, 0.4) is 0 Å². The second-order valence-electron chi connectivity index (χ2n) is 8.11. The van der Waals surface area contributed by atoms with Crippen LogP contribution in [0.15, 0.2) is 43.1 Å². The zero-order valence-electron chi connectivity index (χ0n) is 16.3. The molecule has 3 heterocycles. The molecule has 5 rings (SSSR count). The summed E-state index contributed by atoms with van der Waals surface area (Å²) in [6.07, 6.45) is 6.77. The van der Waals surface area contributed by atoms with Gasteiger partial charge >= 0.3 is 0 Å². The molecule has 0 bridgehead atoms. The van der Waals surface area contributed by atoms with Crippen molar-refractivity contribution >= 4 is 27.9 Å². The van der Waals surface area contributed by atoms with Crippen LogP contribution in [-0.2, 0) is 6.54 Å². The average Bonchev–Trinajstić information content (AvgIpc) is 3.35. The number of hydrogen-bond donors (Lipinski definition) is 3. The Kier molecular flexibility index (Phi) is 4.25. The highest BCUT2D eigenvalue weighted by Gasteiger charge is 2.44. The number of nitrogens with one attached hydrogen (secondary N) is 1. The molecule has 0 radical (unpaired) electrons. The third-order valence-corrected chi connectivity index (χ3v) is 6.20. The topological polar surface area (TPSA) is 103 Å². The molecule has 4 aromatic rings. The molecule has 1 aliphatic rings. The Morgan fingerprint density at radius 2 is 2.00 bits per heavy atom. The first kappa shape index (κ1) is 18.1. The van der Waals surface area contributed by atoms with E-state index in [1.165, 1.54) is 10.9 Å². The van der Waals surface area contributed by atoms with Gasteiger partial charge in [-0.05, 0) is 30.5 Å². The monoisotopic (exact) mass is 392 g/mol. The van der Waals surface area contributed by atoms with Gasteiger partial charge in [0, 0.05) is 42.1 Å². The summed E-state index contributed by atoms with van der Waals surface area (Å²) in [5.41, 5.74) is 3.50. The molecule has 3 N–H and O–H groups in total. The highest BCUT2D eigenvalue weighted by molar-refractivity contribution is 5.85. The summed E-state index contributed by atoms with van der Waals surface area (Å²) in [6.45, 7) is 0.705. The van der Waals surface area contributed by atoms with E-state index in [1.807, 2.05) is 17.8 Å².